The summed E-state index contributed by atoms with van der Waals surface area (Å²) in [5.41, 5.74) is 3.04. The molecule has 0 aliphatic carbocycles. The summed E-state index contributed by atoms with van der Waals surface area (Å²) in [6.45, 7) is 0. The second kappa shape index (κ2) is 6.51. The fraction of sp³-hybridized carbons (Fsp3) is 0.0667. The van der Waals surface area contributed by atoms with Crippen molar-refractivity contribution in [2.45, 2.75) is 6.42 Å². The first kappa shape index (κ1) is 14.5. The summed E-state index contributed by atoms with van der Waals surface area (Å²) in [5.74, 6) is -1.13. The van der Waals surface area contributed by atoms with Crippen molar-refractivity contribution in [3.8, 4) is 11.5 Å². The molecular formula is C15H13FN2O3. The highest BCUT2D eigenvalue weighted by atomic mass is 19.1. The van der Waals surface area contributed by atoms with Crippen molar-refractivity contribution in [3.05, 3.63) is 59.4 Å². The Balaban J connectivity index is 1.93. The lowest BCUT2D eigenvalue weighted by Gasteiger charge is -2.01. The normalized spacial score (nSPS) is 10.7. The molecule has 0 unspecified atom stereocenters. The first-order valence-corrected chi connectivity index (χ1v) is 6.13. The molecule has 2 aromatic carbocycles. The van der Waals surface area contributed by atoms with Gasteiger partial charge in [0.2, 0.25) is 5.91 Å². The van der Waals surface area contributed by atoms with Gasteiger partial charge in [-0.25, -0.2) is 9.82 Å². The first-order chi connectivity index (χ1) is 10.0. The molecule has 5 nitrogen and oxygen atoms in total. The van der Waals surface area contributed by atoms with Crippen molar-refractivity contribution in [2.24, 2.45) is 5.10 Å². The number of aromatic hydroxyl groups is 2. The number of rotatable bonds is 4. The Kier molecular flexibility index (Phi) is 4.50. The molecule has 0 aliphatic rings. The van der Waals surface area contributed by atoms with Crippen LogP contribution in [-0.4, -0.2) is 22.3 Å². The van der Waals surface area contributed by atoms with Gasteiger partial charge >= 0.3 is 0 Å². The number of phenolic OH excluding ortho intramolecular Hbond substituents is 2. The smallest absolute Gasteiger partial charge is 0.244 e. The number of carbonyl (C=O) groups excluding carboxylic acids is 1. The van der Waals surface area contributed by atoms with Crippen LogP contribution in [0.5, 0.6) is 11.5 Å². The van der Waals surface area contributed by atoms with Gasteiger partial charge in [0.1, 0.15) is 17.3 Å². The molecule has 0 aromatic heterocycles. The number of halogens is 1. The van der Waals surface area contributed by atoms with Crippen molar-refractivity contribution in [1.82, 2.24) is 5.43 Å². The van der Waals surface area contributed by atoms with E-state index in [1.807, 2.05) is 0 Å². The summed E-state index contributed by atoms with van der Waals surface area (Å²) in [5, 5.41) is 22.0. The van der Waals surface area contributed by atoms with E-state index in [9.17, 15) is 14.3 Å². The van der Waals surface area contributed by atoms with Crippen LogP contribution in [0, 0.1) is 5.82 Å². The average Bonchev–Trinajstić information content (AvgIpc) is 2.41. The first-order valence-electron chi connectivity index (χ1n) is 6.13. The third-order valence-electron chi connectivity index (χ3n) is 2.65. The van der Waals surface area contributed by atoms with Crippen LogP contribution in [0.3, 0.4) is 0 Å². The Hall–Kier alpha value is -2.89. The van der Waals surface area contributed by atoms with Gasteiger partial charge in [-0.05, 0) is 29.8 Å². The molecule has 6 heteroatoms. The number of hydrogen-bond acceptors (Lipinski definition) is 4. The molecule has 0 fully saturated rings. The number of hydrazone groups is 1. The molecule has 0 aliphatic heterocycles. The number of benzene rings is 2. The quantitative estimate of drug-likeness (QED) is 0.594. The van der Waals surface area contributed by atoms with Crippen LogP contribution in [0.15, 0.2) is 47.6 Å². The van der Waals surface area contributed by atoms with Gasteiger partial charge < -0.3 is 10.2 Å². The van der Waals surface area contributed by atoms with Gasteiger partial charge in [-0.2, -0.15) is 5.10 Å². The van der Waals surface area contributed by atoms with Crippen LogP contribution >= 0.6 is 0 Å². The molecule has 0 radical (unpaired) electrons. The molecule has 0 saturated carbocycles. The molecule has 0 saturated heterocycles. The molecule has 0 bridgehead atoms. The maximum Gasteiger partial charge on any atom is 0.244 e. The molecule has 2 aromatic rings. The number of nitrogens with zero attached hydrogens (tertiary/aromatic N) is 1. The largest absolute Gasteiger partial charge is 0.508 e. The lowest BCUT2D eigenvalue weighted by molar-refractivity contribution is -0.120. The predicted molar refractivity (Wildman–Crippen MR) is 75.6 cm³/mol. The highest BCUT2D eigenvalue weighted by molar-refractivity contribution is 5.83. The number of phenols is 2. The minimum absolute atomic E-state index is 0.0454. The third kappa shape index (κ3) is 4.31. The average molecular weight is 288 g/mol. The zero-order chi connectivity index (χ0) is 15.2. The molecule has 21 heavy (non-hydrogen) atoms. The Morgan fingerprint density at radius 2 is 1.95 bits per heavy atom. The highest BCUT2D eigenvalue weighted by Gasteiger charge is 2.03. The molecular weight excluding hydrogens is 275 g/mol. The van der Waals surface area contributed by atoms with Gasteiger partial charge in [-0.1, -0.05) is 12.1 Å². The van der Waals surface area contributed by atoms with Gasteiger partial charge in [-0.15, -0.1) is 0 Å². The van der Waals surface area contributed by atoms with Crippen molar-refractivity contribution in [1.29, 1.82) is 0 Å². The molecule has 1 amide bonds. The van der Waals surface area contributed by atoms with E-state index in [-0.39, 0.29) is 23.5 Å². The second-order valence-corrected chi connectivity index (χ2v) is 4.35. The monoisotopic (exact) mass is 288 g/mol. The number of hydrogen-bond donors (Lipinski definition) is 3. The van der Waals surface area contributed by atoms with E-state index >= 15 is 0 Å². The summed E-state index contributed by atoms with van der Waals surface area (Å²) in [6.07, 6.45) is 1.19. The van der Waals surface area contributed by atoms with E-state index in [1.54, 1.807) is 12.1 Å². The van der Waals surface area contributed by atoms with Gasteiger partial charge in [0.25, 0.3) is 0 Å². The highest BCUT2D eigenvalue weighted by Crippen LogP contribution is 2.13. The van der Waals surface area contributed by atoms with Crippen molar-refractivity contribution in [2.75, 3.05) is 0 Å². The maximum atomic E-state index is 13.4. The minimum Gasteiger partial charge on any atom is -0.508 e. The summed E-state index contributed by atoms with van der Waals surface area (Å²) < 4.78 is 13.4. The van der Waals surface area contributed by atoms with Crippen molar-refractivity contribution < 1.29 is 19.4 Å². The Labute approximate surface area is 120 Å². The van der Waals surface area contributed by atoms with Gasteiger partial charge in [0, 0.05) is 11.6 Å². The lowest BCUT2D eigenvalue weighted by atomic mass is 10.1. The zero-order valence-corrected chi connectivity index (χ0v) is 11.0. The van der Waals surface area contributed by atoms with E-state index in [0.717, 1.165) is 12.3 Å². The number of amides is 1. The van der Waals surface area contributed by atoms with Gasteiger partial charge in [0.15, 0.2) is 0 Å². The molecule has 108 valence electrons. The van der Waals surface area contributed by atoms with Crippen LogP contribution in [0.4, 0.5) is 4.39 Å². The van der Waals surface area contributed by atoms with Crippen LogP contribution in [0.1, 0.15) is 11.1 Å². The summed E-state index contributed by atoms with van der Waals surface area (Å²) in [4.78, 5) is 11.6. The zero-order valence-electron chi connectivity index (χ0n) is 11.0. The predicted octanol–water partition coefficient (Wildman–Crippen LogP) is 1.93. The van der Waals surface area contributed by atoms with Crippen LogP contribution in [0.2, 0.25) is 0 Å². The summed E-state index contributed by atoms with van der Waals surface area (Å²) >= 11 is 0. The van der Waals surface area contributed by atoms with Gasteiger partial charge in [0.05, 0.1) is 12.6 Å². The van der Waals surface area contributed by atoms with E-state index in [2.05, 4.69) is 10.5 Å². The van der Waals surface area contributed by atoms with Crippen molar-refractivity contribution >= 4 is 12.1 Å². The summed E-state index contributed by atoms with van der Waals surface area (Å²) in [7, 11) is 0. The standard InChI is InChI=1S/C15H13FN2O3/c16-14-8-13(20)5-4-11(14)9-17-18-15(21)7-10-2-1-3-12(19)6-10/h1-6,8-9,19-20H,7H2,(H,18,21)/b17-9+. The lowest BCUT2D eigenvalue weighted by Crippen LogP contribution is -2.19. The molecule has 3 N–H and O–H groups in total. The van der Waals surface area contributed by atoms with E-state index in [4.69, 9.17) is 5.11 Å². The third-order valence-corrected chi connectivity index (χ3v) is 2.65. The minimum atomic E-state index is -0.638. The molecule has 0 atom stereocenters. The Bertz CT molecular complexity index is 686. The van der Waals surface area contributed by atoms with Gasteiger partial charge in [-0.3, -0.25) is 4.79 Å². The Morgan fingerprint density at radius 3 is 2.67 bits per heavy atom. The molecule has 2 rings (SSSR count). The fourth-order valence-electron chi connectivity index (χ4n) is 1.69. The molecule has 0 spiro atoms. The molecule has 0 heterocycles. The van der Waals surface area contributed by atoms with Crippen LogP contribution in [-0.2, 0) is 11.2 Å². The van der Waals surface area contributed by atoms with Crippen molar-refractivity contribution in [3.63, 3.8) is 0 Å². The second-order valence-electron chi connectivity index (χ2n) is 4.35. The van der Waals surface area contributed by atoms with E-state index in [0.29, 0.717) is 5.56 Å². The number of nitrogens with one attached hydrogen (secondary N) is 1. The fourth-order valence-corrected chi connectivity index (χ4v) is 1.69. The SMILES string of the molecule is O=C(Cc1cccc(O)c1)N/N=C/c1ccc(O)cc1F. The van der Waals surface area contributed by atoms with E-state index in [1.165, 1.54) is 24.3 Å². The maximum absolute atomic E-state index is 13.4. The number of carbonyl (C=O) groups is 1. The van der Waals surface area contributed by atoms with Crippen LogP contribution < -0.4 is 5.43 Å². The Morgan fingerprint density at radius 1 is 1.19 bits per heavy atom. The van der Waals surface area contributed by atoms with Crippen LogP contribution in [0.25, 0.3) is 0 Å². The van der Waals surface area contributed by atoms with E-state index < -0.39 is 11.7 Å². The summed E-state index contributed by atoms with van der Waals surface area (Å²) in [6, 6.07) is 9.93. The topological polar surface area (TPSA) is 81.9 Å².